The normalized spacial score (nSPS) is 13.4. The molecule has 15 heavy (non-hydrogen) atoms. The van der Waals surface area contributed by atoms with Gasteiger partial charge in [-0.2, -0.15) is 4.98 Å². The maximum Gasteiger partial charge on any atom is 0.240 e. The van der Waals surface area contributed by atoms with Crippen LogP contribution in [0.3, 0.4) is 0 Å². The predicted octanol–water partition coefficient (Wildman–Crippen LogP) is -0.183. The minimum Gasteiger partial charge on any atom is -0.389 e. The van der Waals surface area contributed by atoms with Gasteiger partial charge < -0.3 is 14.4 Å². The van der Waals surface area contributed by atoms with Crippen molar-refractivity contribution in [3.8, 4) is 0 Å². The third-order valence-electron chi connectivity index (χ3n) is 1.86. The number of nitrogens with zero attached hydrogens (tertiary/aromatic N) is 3. The SMILES string of the molecule is COCC(O)CN(C)Cc1nc(C)no1. The molecule has 1 aromatic rings. The van der Waals surface area contributed by atoms with Gasteiger partial charge >= 0.3 is 0 Å². The molecule has 0 spiro atoms. The van der Waals surface area contributed by atoms with Crippen molar-refractivity contribution in [2.24, 2.45) is 0 Å². The average Bonchev–Trinajstić information content (AvgIpc) is 2.51. The van der Waals surface area contributed by atoms with Gasteiger partial charge in [-0.05, 0) is 14.0 Å². The number of hydrogen-bond donors (Lipinski definition) is 1. The lowest BCUT2D eigenvalue weighted by Gasteiger charge is -2.17. The highest BCUT2D eigenvalue weighted by Gasteiger charge is 2.11. The Kier molecular flexibility index (Phi) is 4.67. The van der Waals surface area contributed by atoms with Crippen LogP contribution < -0.4 is 0 Å². The van der Waals surface area contributed by atoms with Crippen LogP contribution >= 0.6 is 0 Å². The summed E-state index contributed by atoms with van der Waals surface area (Å²) < 4.78 is 9.79. The lowest BCUT2D eigenvalue weighted by Crippen LogP contribution is -2.31. The molecule has 1 rings (SSSR count). The van der Waals surface area contributed by atoms with Gasteiger partial charge in [-0.3, -0.25) is 4.90 Å². The van der Waals surface area contributed by atoms with E-state index in [0.717, 1.165) is 0 Å². The molecule has 6 nitrogen and oxygen atoms in total. The molecule has 0 radical (unpaired) electrons. The Labute approximate surface area is 88.8 Å². The quantitative estimate of drug-likeness (QED) is 0.709. The number of rotatable bonds is 6. The van der Waals surface area contributed by atoms with E-state index in [-0.39, 0.29) is 0 Å². The Morgan fingerprint density at radius 1 is 1.60 bits per heavy atom. The molecule has 0 aliphatic rings. The average molecular weight is 215 g/mol. The number of likely N-dealkylation sites (N-methyl/N-ethyl adjacent to an activating group) is 1. The van der Waals surface area contributed by atoms with E-state index < -0.39 is 6.10 Å². The van der Waals surface area contributed by atoms with E-state index in [0.29, 0.717) is 31.4 Å². The first-order valence-corrected chi connectivity index (χ1v) is 4.76. The van der Waals surface area contributed by atoms with E-state index in [1.165, 1.54) is 0 Å². The van der Waals surface area contributed by atoms with Gasteiger partial charge in [0.05, 0.1) is 19.3 Å². The van der Waals surface area contributed by atoms with Crippen molar-refractivity contribution < 1.29 is 14.4 Å². The standard InChI is InChI=1S/C9H17N3O3/c1-7-10-9(15-11-7)5-12(2)4-8(13)6-14-3/h8,13H,4-6H2,1-3H3. The van der Waals surface area contributed by atoms with E-state index in [1.807, 2.05) is 11.9 Å². The lowest BCUT2D eigenvalue weighted by atomic mass is 10.3. The van der Waals surface area contributed by atoms with Crippen molar-refractivity contribution in [1.29, 1.82) is 0 Å². The van der Waals surface area contributed by atoms with Gasteiger partial charge in [0.15, 0.2) is 5.82 Å². The van der Waals surface area contributed by atoms with Crippen molar-refractivity contribution in [3.05, 3.63) is 11.7 Å². The molecular formula is C9H17N3O3. The van der Waals surface area contributed by atoms with E-state index in [1.54, 1.807) is 14.0 Å². The second-order valence-corrected chi connectivity index (χ2v) is 3.54. The topological polar surface area (TPSA) is 71.6 Å². The lowest BCUT2D eigenvalue weighted by molar-refractivity contribution is 0.0400. The molecule has 0 saturated carbocycles. The zero-order valence-electron chi connectivity index (χ0n) is 9.30. The van der Waals surface area contributed by atoms with Gasteiger partial charge in [0.2, 0.25) is 5.89 Å². The van der Waals surface area contributed by atoms with Gasteiger partial charge in [-0.1, -0.05) is 5.16 Å². The number of aryl methyl sites for hydroxylation is 1. The zero-order chi connectivity index (χ0) is 11.3. The van der Waals surface area contributed by atoms with E-state index in [2.05, 4.69) is 10.1 Å². The molecule has 0 fully saturated rings. The second kappa shape index (κ2) is 5.79. The first-order valence-electron chi connectivity index (χ1n) is 4.76. The van der Waals surface area contributed by atoms with Crippen LogP contribution in [-0.4, -0.2) is 53.6 Å². The van der Waals surface area contributed by atoms with Crippen LogP contribution in [0.2, 0.25) is 0 Å². The smallest absolute Gasteiger partial charge is 0.240 e. The van der Waals surface area contributed by atoms with Crippen LogP contribution in [-0.2, 0) is 11.3 Å². The maximum absolute atomic E-state index is 9.47. The molecular weight excluding hydrogens is 198 g/mol. The number of aliphatic hydroxyl groups excluding tert-OH is 1. The van der Waals surface area contributed by atoms with Crippen LogP contribution in [0.15, 0.2) is 4.52 Å². The summed E-state index contributed by atoms with van der Waals surface area (Å²) in [5.74, 6) is 1.18. The van der Waals surface area contributed by atoms with Crippen molar-refractivity contribution in [2.45, 2.75) is 19.6 Å². The van der Waals surface area contributed by atoms with E-state index >= 15 is 0 Å². The monoisotopic (exact) mass is 215 g/mol. The first kappa shape index (κ1) is 12.1. The summed E-state index contributed by atoms with van der Waals surface area (Å²) in [5.41, 5.74) is 0. The maximum atomic E-state index is 9.47. The number of hydrogen-bond acceptors (Lipinski definition) is 6. The van der Waals surface area contributed by atoms with Gasteiger partial charge in [0.1, 0.15) is 0 Å². The summed E-state index contributed by atoms with van der Waals surface area (Å²) in [6.45, 7) is 3.14. The van der Waals surface area contributed by atoms with Crippen LogP contribution in [0.4, 0.5) is 0 Å². The van der Waals surface area contributed by atoms with Gasteiger partial charge in [0.25, 0.3) is 0 Å². The Morgan fingerprint density at radius 2 is 2.33 bits per heavy atom. The zero-order valence-corrected chi connectivity index (χ0v) is 9.30. The van der Waals surface area contributed by atoms with Crippen LogP contribution in [0.1, 0.15) is 11.7 Å². The molecule has 0 aliphatic heterocycles. The number of ether oxygens (including phenoxy) is 1. The molecule has 1 N–H and O–H groups in total. The number of methoxy groups -OCH3 is 1. The molecule has 0 aliphatic carbocycles. The molecule has 0 saturated heterocycles. The van der Waals surface area contributed by atoms with Crippen molar-refractivity contribution >= 4 is 0 Å². The number of aliphatic hydroxyl groups is 1. The van der Waals surface area contributed by atoms with Gasteiger partial charge in [-0.15, -0.1) is 0 Å². The predicted molar refractivity (Wildman–Crippen MR) is 53.3 cm³/mol. The van der Waals surface area contributed by atoms with Crippen molar-refractivity contribution in [1.82, 2.24) is 15.0 Å². The van der Waals surface area contributed by atoms with Crippen LogP contribution in [0, 0.1) is 6.92 Å². The fourth-order valence-corrected chi connectivity index (χ4v) is 1.30. The largest absolute Gasteiger partial charge is 0.389 e. The number of aromatic nitrogens is 2. The molecule has 1 aromatic heterocycles. The summed E-state index contributed by atoms with van der Waals surface area (Å²) in [6, 6.07) is 0. The summed E-state index contributed by atoms with van der Waals surface area (Å²) in [7, 11) is 3.43. The molecule has 86 valence electrons. The molecule has 1 atom stereocenters. The molecule has 0 amide bonds. The molecule has 0 bridgehead atoms. The first-order chi connectivity index (χ1) is 7.11. The summed E-state index contributed by atoms with van der Waals surface area (Å²) >= 11 is 0. The Balaban J connectivity index is 2.32. The van der Waals surface area contributed by atoms with Crippen LogP contribution in [0.5, 0.6) is 0 Å². The van der Waals surface area contributed by atoms with E-state index in [4.69, 9.17) is 9.26 Å². The van der Waals surface area contributed by atoms with Gasteiger partial charge in [0, 0.05) is 13.7 Å². The highest BCUT2D eigenvalue weighted by molar-refractivity contribution is 4.82. The Bertz CT molecular complexity index is 290. The highest BCUT2D eigenvalue weighted by atomic mass is 16.5. The Hall–Kier alpha value is -0.980. The molecule has 1 unspecified atom stereocenters. The van der Waals surface area contributed by atoms with E-state index in [9.17, 15) is 5.11 Å². The summed E-state index contributed by atoms with van der Waals surface area (Å²) in [6.07, 6.45) is -0.496. The fraction of sp³-hybridized carbons (Fsp3) is 0.778. The Morgan fingerprint density at radius 3 is 2.87 bits per heavy atom. The van der Waals surface area contributed by atoms with Gasteiger partial charge in [-0.25, -0.2) is 0 Å². The molecule has 0 aromatic carbocycles. The molecule has 6 heteroatoms. The highest BCUT2D eigenvalue weighted by Crippen LogP contribution is 2.01. The minimum absolute atomic E-state index is 0.327. The third kappa shape index (κ3) is 4.37. The molecule has 1 heterocycles. The second-order valence-electron chi connectivity index (χ2n) is 3.54. The third-order valence-corrected chi connectivity index (χ3v) is 1.86. The summed E-state index contributed by atoms with van der Waals surface area (Å²) in [4.78, 5) is 5.97. The minimum atomic E-state index is -0.496. The van der Waals surface area contributed by atoms with Crippen molar-refractivity contribution in [3.63, 3.8) is 0 Å². The summed E-state index contributed by atoms with van der Waals surface area (Å²) in [5, 5.41) is 13.2. The fourth-order valence-electron chi connectivity index (χ4n) is 1.30. The van der Waals surface area contributed by atoms with Crippen molar-refractivity contribution in [2.75, 3.05) is 27.3 Å². The van der Waals surface area contributed by atoms with Crippen LogP contribution in [0.25, 0.3) is 0 Å².